The van der Waals surface area contributed by atoms with Crippen LogP contribution in [0.1, 0.15) is 95.8 Å². The van der Waals surface area contributed by atoms with Crippen LogP contribution in [0.25, 0.3) is 135 Å². The molecule has 0 aliphatic carbocycles. The molecule has 0 saturated heterocycles. The van der Waals surface area contributed by atoms with Gasteiger partial charge >= 0.3 is 0 Å². The SMILES string of the molecule is Cc1cc(F)ccc1-c1ccc(-c2[c-]cccc2)nc1.Cc1ccccc1-c1ccc(-c2[c-]cccc2)nc1.[2H]C([2H])(C)c1ccccc1-c1ccc(-c2[c-]cccc2)nc1.[2H]C([2H])([2H])C([2H])(C)c1ccccc1-c1ccc(-c2[c-]cccc2)nc1.[2H]C([2H])([2H])c1ccc(-c2[c-]cccc2)nc1.[2H]C([2H])([2H])c1ccc(-c2[c-]cccc2)nc1.[2H]C([2H])([2H])c1ccc(-c2[c-]cccc2)nc1.[2H]C([2H])([2H])c1ccc(-c2[c-]cccc2)nc1.[Ir].[Ir].[Ir].[Ir]. The summed E-state index contributed by atoms with van der Waals surface area (Å²) in [7, 11) is 0. The minimum Gasteiger partial charge on any atom is -0.304 e. The number of hydrogen-bond acceptors (Lipinski definition) is 8. The van der Waals surface area contributed by atoms with Crippen molar-refractivity contribution in [1.29, 1.82) is 0 Å². The Kier molecular flexibility index (Phi) is 34.0. The van der Waals surface area contributed by atoms with E-state index in [1.165, 1.54) is 55.0 Å². The zero-order valence-corrected chi connectivity index (χ0v) is 83.9. The number of aryl methyl sites for hydroxylation is 7. The van der Waals surface area contributed by atoms with Crippen molar-refractivity contribution in [2.45, 2.75) is 74.2 Å². The molecule has 12 aromatic carbocycles. The summed E-state index contributed by atoms with van der Waals surface area (Å²) < 4.78 is 147. The zero-order valence-electron chi connectivity index (χ0n) is 92.3. The van der Waals surface area contributed by atoms with Crippen LogP contribution in [0.15, 0.2) is 432 Å². The third-order valence-electron chi connectivity index (χ3n) is 20.1. The Bertz CT molecular complexity index is 7220. The fraction of sp³-hybridized carbons (Fsp3) is 0.0894. The van der Waals surface area contributed by atoms with Crippen molar-refractivity contribution in [3.8, 4) is 135 Å². The van der Waals surface area contributed by atoms with E-state index in [1.54, 1.807) is 110 Å². The maximum absolute atomic E-state index is 13.1. The second kappa shape index (κ2) is 56.5. The van der Waals surface area contributed by atoms with E-state index in [0.29, 0.717) is 16.7 Å². The van der Waals surface area contributed by atoms with Gasteiger partial charge in [0.25, 0.3) is 0 Å². The number of halogens is 1. The molecule has 8 aromatic heterocycles. The molecule has 13 heteroatoms. The Morgan fingerprint density at radius 1 is 0.272 bits per heavy atom. The van der Waals surface area contributed by atoms with Crippen molar-refractivity contribution in [1.82, 2.24) is 39.9 Å². The molecule has 1 unspecified atom stereocenters. The fourth-order valence-corrected chi connectivity index (χ4v) is 13.3. The van der Waals surface area contributed by atoms with E-state index >= 15 is 0 Å². The van der Waals surface area contributed by atoms with Crippen LogP contribution in [0.4, 0.5) is 4.39 Å². The molecule has 4 radical (unpaired) electrons. The number of aromatic nitrogens is 8. The van der Waals surface area contributed by atoms with E-state index in [1.807, 2.05) is 268 Å². The van der Waals surface area contributed by atoms with Gasteiger partial charge in [-0.25, -0.2) is 4.39 Å². The third kappa shape index (κ3) is 32.3. The Morgan fingerprint density at radius 2 is 0.522 bits per heavy atom. The van der Waals surface area contributed by atoms with Crippen molar-refractivity contribution in [2.75, 3.05) is 0 Å². The number of rotatable bonds is 14. The normalized spacial score (nSPS) is 12.9. The summed E-state index contributed by atoms with van der Waals surface area (Å²) in [4.78, 5) is 34.5. The topological polar surface area (TPSA) is 103 Å². The first-order valence-corrected chi connectivity index (χ1v) is 42.2. The minimum atomic E-state index is -2.42. The smallest absolute Gasteiger partial charge is 0.123 e. The van der Waals surface area contributed by atoms with E-state index in [4.69, 9.17) is 24.7 Å². The van der Waals surface area contributed by atoms with Crippen LogP contribution >= 0.6 is 0 Å². The zero-order chi connectivity index (χ0) is 107. The molecule has 0 amide bonds. The molecular formula is C123H101FIr4N8-8. The summed E-state index contributed by atoms with van der Waals surface area (Å²) in [5.41, 5.74) is 25.7. The molecule has 20 rings (SSSR count). The molecule has 0 aliphatic heterocycles. The first kappa shape index (κ1) is 81.9. The number of nitrogens with zero attached hydrogens (tertiary/aromatic N) is 8. The molecule has 0 bridgehead atoms. The van der Waals surface area contributed by atoms with E-state index in [-0.39, 0.29) is 108 Å². The Hall–Kier alpha value is -13.6. The van der Waals surface area contributed by atoms with Crippen LogP contribution in [0.5, 0.6) is 0 Å². The first-order chi connectivity index (χ1) is 71.7. The molecule has 8 nitrogen and oxygen atoms in total. The standard InChI is InChI=1S/C20H18N.C19H16N.C18H13FN.C18H14N.4C12H10N.4Ir/c1-15(2)18-10-6-7-11-19(18)17-12-13-20(21-14-17)16-8-4-3-5-9-16;1-2-15-8-6-7-11-18(15)17-12-13-19(20-14-17)16-9-4-3-5-10-16;1-13-11-16(19)8-9-17(13)15-7-10-18(20-12-15)14-5-3-2-4-6-14;1-14-7-5-6-10-17(14)16-11-12-18(19-13-16)15-8-3-2-4-9-15;4*1-10-7-8-12(13-9-10)11-5-3-2-4-6-11;;;;/h3-8,10-15H,1-2H3;3-9,11-14H,2H2,1H3;2-5,7-12H,1H3;2-8,10-13H,1H3;4*2-5,7-9H,1H3;;;;/q8*-1;;;;/i1D3,15D;2D2;;;4*1D3;;;;. The van der Waals surface area contributed by atoms with Crippen molar-refractivity contribution in [3.63, 3.8) is 0 Å². The van der Waals surface area contributed by atoms with Crippen molar-refractivity contribution < 1.29 is 109 Å². The van der Waals surface area contributed by atoms with Gasteiger partial charge in [0.2, 0.25) is 0 Å². The summed E-state index contributed by atoms with van der Waals surface area (Å²) >= 11 is 0. The second-order valence-corrected chi connectivity index (χ2v) is 29.4. The quantitative estimate of drug-likeness (QED) is 0.0992. The maximum atomic E-state index is 13.1. The number of benzene rings is 12. The average Bonchev–Trinajstić information content (AvgIpc) is 0.764. The van der Waals surface area contributed by atoms with Crippen LogP contribution in [0.2, 0.25) is 0 Å². The van der Waals surface area contributed by atoms with Crippen LogP contribution in [0, 0.1) is 95.6 Å². The molecule has 0 aliphatic rings. The predicted octanol–water partition coefficient (Wildman–Crippen LogP) is 30.7. The maximum Gasteiger partial charge on any atom is 0.123 e. The van der Waals surface area contributed by atoms with Crippen molar-refractivity contribution in [2.24, 2.45) is 0 Å². The second-order valence-electron chi connectivity index (χ2n) is 29.4. The molecule has 0 saturated carbocycles. The predicted molar refractivity (Wildman–Crippen MR) is 542 cm³/mol. The van der Waals surface area contributed by atoms with Crippen LogP contribution in [-0.2, 0) is 86.8 Å². The molecule has 1 atom stereocenters. The monoisotopic (exact) mass is 2500 g/mol. The van der Waals surface area contributed by atoms with Gasteiger partial charge in [-0.15, -0.1) is 287 Å². The largest absolute Gasteiger partial charge is 0.304 e. The van der Waals surface area contributed by atoms with E-state index < -0.39 is 46.5 Å². The molecule has 0 N–H and O–H groups in total. The number of pyridine rings is 8. The van der Waals surface area contributed by atoms with Crippen molar-refractivity contribution in [3.05, 3.63) is 531 Å². The first-order valence-electron chi connectivity index (χ1n) is 51.2. The molecule has 0 spiro atoms. The van der Waals surface area contributed by atoms with Gasteiger partial charge in [0.1, 0.15) is 5.82 Å². The van der Waals surface area contributed by atoms with E-state index in [2.05, 4.69) is 126 Å². The number of hydrogen-bond donors (Lipinski definition) is 0. The van der Waals surface area contributed by atoms with E-state index in [0.717, 1.165) is 129 Å². The Balaban J connectivity index is 0.000000195. The Labute approximate surface area is 882 Å². The summed E-state index contributed by atoms with van der Waals surface area (Å²) in [5, 5.41) is 0. The molecule has 20 aromatic rings. The summed E-state index contributed by atoms with van der Waals surface area (Å²) in [5.74, 6) is -1.91. The minimum absolute atomic E-state index is 0. The van der Waals surface area contributed by atoms with Gasteiger partial charge in [0, 0.05) is 155 Å². The van der Waals surface area contributed by atoms with Gasteiger partial charge in [-0.05, 0) is 200 Å². The van der Waals surface area contributed by atoms with Gasteiger partial charge in [-0.2, -0.15) is 0 Å². The van der Waals surface area contributed by atoms with Gasteiger partial charge < -0.3 is 39.9 Å². The van der Waals surface area contributed by atoms with E-state index in [9.17, 15) is 4.39 Å². The molecule has 684 valence electrons. The summed E-state index contributed by atoms with van der Waals surface area (Å²) in [6.45, 7) is -3.76. The average molecular weight is 2500 g/mol. The third-order valence-corrected chi connectivity index (χ3v) is 20.1. The molecular weight excluding hydrogens is 2380 g/mol. The summed E-state index contributed by atoms with van der Waals surface area (Å²) in [6, 6.07) is 142. The fourth-order valence-electron chi connectivity index (χ4n) is 13.3. The molecule has 136 heavy (non-hydrogen) atoms. The van der Waals surface area contributed by atoms with Gasteiger partial charge in [0.15, 0.2) is 0 Å². The Morgan fingerprint density at radius 3 is 0.772 bits per heavy atom. The van der Waals surface area contributed by atoms with Crippen molar-refractivity contribution >= 4 is 0 Å². The van der Waals surface area contributed by atoms with Gasteiger partial charge in [-0.1, -0.05) is 197 Å². The summed E-state index contributed by atoms with van der Waals surface area (Å²) in [6.07, 6.45) is 11.4. The van der Waals surface area contributed by atoms with Gasteiger partial charge in [0.05, 0.1) is 0 Å². The van der Waals surface area contributed by atoms with Crippen LogP contribution in [-0.4, -0.2) is 39.9 Å². The van der Waals surface area contributed by atoms with Crippen LogP contribution < -0.4 is 0 Å². The molecule has 0 fully saturated rings. The molecule has 8 heterocycles. The van der Waals surface area contributed by atoms with Gasteiger partial charge in [-0.3, -0.25) is 0 Å². The van der Waals surface area contributed by atoms with Crippen LogP contribution in [0.3, 0.4) is 0 Å².